The van der Waals surface area contributed by atoms with Crippen LogP contribution in [0.5, 0.6) is 0 Å². The van der Waals surface area contributed by atoms with Crippen molar-refractivity contribution in [3.63, 3.8) is 0 Å². The summed E-state index contributed by atoms with van der Waals surface area (Å²) >= 11 is 0. The normalized spacial score (nSPS) is 27.2. The van der Waals surface area contributed by atoms with Crippen LogP contribution in [-0.4, -0.2) is 54.1 Å². The monoisotopic (exact) mass is 267 g/mol. The molecule has 2 amide bonds. The third-order valence-electron chi connectivity index (χ3n) is 2.93. The van der Waals surface area contributed by atoms with E-state index in [4.69, 9.17) is 0 Å². The molecule has 0 spiro atoms. The van der Waals surface area contributed by atoms with Crippen molar-refractivity contribution in [2.24, 2.45) is 0 Å². The number of hydrogen-bond acceptors (Lipinski definition) is 2. The van der Waals surface area contributed by atoms with Crippen LogP contribution >= 0.6 is 0 Å². The summed E-state index contributed by atoms with van der Waals surface area (Å²) < 4.78 is 0. The summed E-state index contributed by atoms with van der Waals surface area (Å²) in [7, 11) is 0. The largest absolute Gasteiger partial charge is 1.00 e. The van der Waals surface area contributed by atoms with Crippen molar-refractivity contribution in [2.45, 2.75) is 25.9 Å². The van der Waals surface area contributed by atoms with Gasteiger partial charge in [0.05, 0.1) is 0 Å². The van der Waals surface area contributed by atoms with E-state index in [2.05, 4.69) is 24.1 Å². The summed E-state index contributed by atoms with van der Waals surface area (Å²) in [5, 5.41) is 3.93. The maximum absolute atomic E-state index is 11.2. The van der Waals surface area contributed by atoms with Crippen LogP contribution < -0.4 is 58.2 Å². The Labute approximate surface area is 134 Å². The zero-order chi connectivity index (χ0) is 9.42. The van der Waals surface area contributed by atoms with E-state index >= 15 is 0 Å². The first-order valence-electron chi connectivity index (χ1n) is 4.90. The van der Waals surface area contributed by atoms with E-state index < -0.39 is 0 Å². The summed E-state index contributed by atoms with van der Waals surface area (Å²) in [6.07, 6.45) is 0. The van der Waals surface area contributed by atoms with Gasteiger partial charge in [0.2, 0.25) is 0 Å². The van der Waals surface area contributed by atoms with Crippen LogP contribution in [0.3, 0.4) is 0 Å². The van der Waals surface area contributed by atoms with Crippen molar-refractivity contribution in [2.75, 3.05) is 26.2 Å². The molecule has 2 heterocycles. The minimum atomic E-state index is -0.00611. The molecule has 2 rings (SSSR count). The van der Waals surface area contributed by atoms with Gasteiger partial charge in [-0.3, -0.25) is 4.79 Å². The second kappa shape index (κ2) is 5.39. The Morgan fingerprint density at radius 3 is 2.79 bits per heavy atom. The van der Waals surface area contributed by atoms with Crippen LogP contribution in [0, 0.1) is 0 Å². The van der Waals surface area contributed by atoms with Gasteiger partial charge in [-0.2, -0.15) is 0 Å². The molecular weight excluding hydrogens is 252 g/mol. The molecule has 0 aliphatic carbocycles. The zero-order valence-corrected chi connectivity index (χ0v) is 14.1. The third-order valence-corrected chi connectivity index (χ3v) is 2.93. The van der Waals surface area contributed by atoms with E-state index in [1.165, 1.54) is 0 Å². The fraction of sp³-hybridized carbons (Fsp3) is 0.889. The van der Waals surface area contributed by atoms with Gasteiger partial charge in [0.25, 0.3) is 0 Å². The van der Waals surface area contributed by atoms with Gasteiger partial charge in [0, 0.05) is 12.6 Å². The fourth-order valence-corrected chi connectivity index (χ4v) is 2.03. The standard InChI is InChI=1S/C9H17N3O.Rb/c1-7(2)11-3-4-12-8(6-11)5-10-9(12)13;/h7-8H,3-6H2,1-2H3,(H,10,13);/q;+1/p-1. The van der Waals surface area contributed by atoms with Crippen molar-refractivity contribution in [1.82, 2.24) is 9.80 Å². The maximum atomic E-state index is 11.2. The molecule has 2 fully saturated rings. The minimum Gasteiger partial charge on any atom is -0.431 e. The Morgan fingerprint density at radius 1 is 1.43 bits per heavy atom. The number of amides is 2. The van der Waals surface area contributed by atoms with Crippen molar-refractivity contribution < 1.29 is 63.0 Å². The minimum absolute atomic E-state index is 0. The molecule has 74 valence electrons. The van der Waals surface area contributed by atoms with Gasteiger partial charge in [0.1, 0.15) is 0 Å². The zero-order valence-electron chi connectivity index (χ0n) is 9.23. The molecule has 0 saturated carbocycles. The first kappa shape index (κ1) is 13.1. The number of nitrogens with zero attached hydrogens (tertiary/aromatic N) is 3. The third kappa shape index (κ3) is 2.58. The van der Waals surface area contributed by atoms with Gasteiger partial charge in [-0.15, -0.1) is 0 Å². The molecule has 2 saturated heterocycles. The molecule has 0 N–H and O–H groups in total. The molecule has 0 aromatic rings. The maximum Gasteiger partial charge on any atom is 1.00 e. The van der Waals surface area contributed by atoms with Crippen molar-refractivity contribution in [3.05, 3.63) is 5.32 Å². The molecule has 1 unspecified atom stereocenters. The molecule has 2 aliphatic rings. The predicted molar refractivity (Wildman–Crippen MR) is 50.8 cm³/mol. The van der Waals surface area contributed by atoms with E-state index in [-0.39, 0.29) is 64.2 Å². The van der Waals surface area contributed by atoms with Crippen LogP contribution in [0.15, 0.2) is 0 Å². The van der Waals surface area contributed by atoms with E-state index in [1.807, 2.05) is 4.90 Å². The number of carbonyl (C=O) groups is 1. The number of fused-ring (bicyclic) bond motifs is 1. The van der Waals surface area contributed by atoms with Gasteiger partial charge >= 0.3 is 58.2 Å². The van der Waals surface area contributed by atoms with Crippen LogP contribution in [-0.2, 0) is 0 Å². The Kier molecular flexibility index (Phi) is 5.04. The predicted octanol–water partition coefficient (Wildman–Crippen LogP) is -2.11. The average molecular weight is 268 g/mol. The van der Waals surface area contributed by atoms with E-state index in [0.29, 0.717) is 18.6 Å². The Bertz CT molecular complexity index is 222. The Hall–Kier alpha value is 1.04. The molecule has 0 bridgehead atoms. The van der Waals surface area contributed by atoms with Gasteiger partial charge in [-0.1, -0.05) is 0 Å². The number of urea groups is 1. The summed E-state index contributed by atoms with van der Waals surface area (Å²) in [5.74, 6) is 0. The molecule has 14 heavy (non-hydrogen) atoms. The van der Waals surface area contributed by atoms with Crippen LogP contribution in [0.2, 0.25) is 0 Å². The fourth-order valence-electron chi connectivity index (χ4n) is 2.03. The molecule has 5 heteroatoms. The van der Waals surface area contributed by atoms with Gasteiger partial charge in [-0.05, 0) is 39.5 Å². The van der Waals surface area contributed by atoms with Crippen LogP contribution in [0.4, 0.5) is 4.79 Å². The first-order valence-corrected chi connectivity index (χ1v) is 4.90. The number of piperazine rings is 1. The topological polar surface area (TPSA) is 37.7 Å². The van der Waals surface area contributed by atoms with Gasteiger partial charge in [-0.25, -0.2) is 0 Å². The quantitative estimate of drug-likeness (QED) is 0.546. The summed E-state index contributed by atoms with van der Waals surface area (Å²) in [4.78, 5) is 15.5. The Morgan fingerprint density at radius 2 is 2.14 bits per heavy atom. The van der Waals surface area contributed by atoms with Gasteiger partial charge in [0.15, 0.2) is 6.03 Å². The van der Waals surface area contributed by atoms with Crippen LogP contribution in [0.1, 0.15) is 13.8 Å². The second-order valence-corrected chi connectivity index (χ2v) is 4.06. The average Bonchev–Trinajstić information content (AvgIpc) is 2.47. The van der Waals surface area contributed by atoms with Crippen LogP contribution in [0.25, 0.3) is 5.32 Å². The number of carbonyl (C=O) groups excluding carboxylic acids is 1. The van der Waals surface area contributed by atoms with E-state index in [9.17, 15) is 4.79 Å². The van der Waals surface area contributed by atoms with Crippen molar-refractivity contribution >= 4 is 6.03 Å². The summed E-state index contributed by atoms with van der Waals surface area (Å²) in [5.41, 5.74) is 0. The molecule has 4 nitrogen and oxygen atoms in total. The molecule has 1 atom stereocenters. The Balaban J connectivity index is 0.000000980. The SMILES string of the molecule is CC(C)N1CCN2C(=O)[N-]CC2C1.[Rb+]. The molecule has 0 aromatic carbocycles. The van der Waals surface area contributed by atoms with E-state index in [1.54, 1.807) is 0 Å². The number of rotatable bonds is 1. The summed E-state index contributed by atoms with van der Waals surface area (Å²) in [6, 6.07) is 0.926. The number of hydrogen-bond donors (Lipinski definition) is 0. The smallest absolute Gasteiger partial charge is 0.431 e. The first-order chi connectivity index (χ1) is 6.18. The summed E-state index contributed by atoms with van der Waals surface area (Å²) in [6.45, 7) is 7.93. The molecule has 0 aromatic heterocycles. The van der Waals surface area contributed by atoms with E-state index in [0.717, 1.165) is 19.6 Å². The van der Waals surface area contributed by atoms with Crippen molar-refractivity contribution in [1.29, 1.82) is 0 Å². The molecular formula is C9H16N3ORb. The molecule has 2 aliphatic heterocycles. The molecule has 0 radical (unpaired) electrons. The van der Waals surface area contributed by atoms with Crippen molar-refractivity contribution in [3.8, 4) is 0 Å². The second-order valence-electron chi connectivity index (χ2n) is 4.06. The van der Waals surface area contributed by atoms with Gasteiger partial charge < -0.3 is 15.1 Å².